The lowest BCUT2D eigenvalue weighted by molar-refractivity contribution is 0.208. The summed E-state index contributed by atoms with van der Waals surface area (Å²) >= 11 is 0. The molecule has 1 unspecified atom stereocenters. The van der Waals surface area contributed by atoms with Crippen molar-refractivity contribution in [1.82, 2.24) is 9.97 Å². The molecule has 0 amide bonds. The molecular formula is C12H15N3O2. The molecule has 2 rings (SSSR count). The van der Waals surface area contributed by atoms with Crippen LogP contribution in [0, 0.1) is 0 Å². The molecule has 1 heterocycles. The Bertz CT molecular complexity index is 514. The topological polar surface area (TPSA) is 67.3 Å². The van der Waals surface area contributed by atoms with Crippen LogP contribution in [0.1, 0.15) is 6.92 Å². The number of fused-ring (bicyclic) bond motifs is 1. The molecule has 1 aromatic heterocycles. The van der Waals surface area contributed by atoms with E-state index in [1.807, 2.05) is 18.2 Å². The molecule has 2 aromatic rings. The van der Waals surface area contributed by atoms with Gasteiger partial charge in [0.05, 0.1) is 18.7 Å². The van der Waals surface area contributed by atoms with E-state index in [2.05, 4.69) is 15.3 Å². The van der Waals surface area contributed by atoms with Gasteiger partial charge in [-0.1, -0.05) is 0 Å². The molecule has 1 atom stereocenters. The molecule has 5 nitrogen and oxygen atoms in total. The second kappa shape index (κ2) is 4.97. The van der Waals surface area contributed by atoms with Crippen molar-refractivity contribution in [3.63, 3.8) is 0 Å². The fourth-order valence-corrected chi connectivity index (χ4v) is 1.55. The normalized spacial score (nSPS) is 12.4. The molecule has 0 aliphatic carbocycles. The van der Waals surface area contributed by atoms with Gasteiger partial charge in [0, 0.05) is 18.0 Å². The number of hydrogen-bond donors (Lipinski definition) is 2. The summed E-state index contributed by atoms with van der Waals surface area (Å²) in [6, 6.07) is 5.61. The zero-order valence-electron chi connectivity index (χ0n) is 9.84. The highest BCUT2D eigenvalue weighted by atomic mass is 16.5. The lowest BCUT2D eigenvalue weighted by atomic mass is 10.2. The van der Waals surface area contributed by atoms with Gasteiger partial charge in [-0.3, -0.25) is 0 Å². The summed E-state index contributed by atoms with van der Waals surface area (Å²) in [5, 5.41) is 13.2. The van der Waals surface area contributed by atoms with E-state index >= 15 is 0 Å². The summed E-state index contributed by atoms with van der Waals surface area (Å²) in [7, 11) is 1.62. The molecular weight excluding hydrogens is 218 g/mol. The number of hydrogen-bond acceptors (Lipinski definition) is 5. The first-order valence-electron chi connectivity index (χ1n) is 5.41. The summed E-state index contributed by atoms with van der Waals surface area (Å²) in [5.41, 5.74) is 0.812. The van der Waals surface area contributed by atoms with Crippen LogP contribution in [0.3, 0.4) is 0 Å². The maximum Gasteiger partial charge on any atom is 0.137 e. The molecule has 0 saturated heterocycles. The van der Waals surface area contributed by atoms with E-state index in [1.165, 1.54) is 6.33 Å². The second-order valence-electron chi connectivity index (χ2n) is 3.84. The van der Waals surface area contributed by atoms with Crippen LogP contribution >= 0.6 is 0 Å². The van der Waals surface area contributed by atoms with Gasteiger partial charge in [-0.05, 0) is 19.1 Å². The molecule has 5 heteroatoms. The Kier molecular flexibility index (Phi) is 3.39. The Balaban J connectivity index is 2.36. The van der Waals surface area contributed by atoms with Gasteiger partial charge >= 0.3 is 0 Å². The van der Waals surface area contributed by atoms with Crippen molar-refractivity contribution in [3.05, 3.63) is 24.5 Å². The highest BCUT2D eigenvalue weighted by Crippen LogP contribution is 2.23. The number of nitrogens with zero attached hydrogens (tertiary/aromatic N) is 2. The van der Waals surface area contributed by atoms with E-state index in [0.717, 1.165) is 22.5 Å². The first-order valence-corrected chi connectivity index (χ1v) is 5.41. The molecule has 0 aliphatic heterocycles. The molecule has 0 bridgehead atoms. The summed E-state index contributed by atoms with van der Waals surface area (Å²) in [5.74, 6) is 1.48. The average Bonchev–Trinajstić information content (AvgIpc) is 2.35. The number of aliphatic hydroxyl groups excluding tert-OH is 1. The van der Waals surface area contributed by atoms with Crippen LogP contribution in [0.15, 0.2) is 24.5 Å². The minimum absolute atomic E-state index is 0.418. The third kappa shape index (κ3) is 2.62. The summed E-state index contributed by atoms with van der Waals surface area (Å²) in [6.45, 7) is 2.18. The van der Waals surface area contributed by atoms with Gasteiger partial charge in [-0.15, -0.1) is 0 Å². The highest BCUT2D eigenvalue weighted by molar-refractivity contribution is 5.89. The average molecular weight is 233 g/mol. The number of ether oxygens (including phenoxy) is 1. The van der Waals surface area contributed by atoms with Crippen LogP contribution < -0.4 is 10.1 Å². The summed E-state index contributed by atoms with van der Waals surface area (Å²) < 4.78 is 5.14. The van der Waals surface area contributed by atoms with Crippen molar-refractivity contribution < 1.29 is 9.84 Å². The van der Waals surface area contributed by atoms with Gasteiger partial charge in [0.15, 0.2) is 0 Å². The van der Waals surface area contributed by atoms with Crippen molar-refractivity contribution in [1.29, 1.82) is 0 Å². The Hall–Kier alpha value is -1.88. The van der Waals surface area contributed by atoms with Gasteiger partial charge in [0.1, 0.15) is 17.9 Å². The molecule has 90 valence electrons. The largest absolute Gasteiger partial charge is 0.497 e. The molecule has 0 aliphatic rings. The number of nitrogens with one attached hydrogen (secondary N) is 1. The fourth-order valence-electron chi connectivity index (χ4n) is 1.55. The Morgan fingerprint density at radius 2 is 2.24 bits per heavy atom. The van der Waals surface area contributed by atoms with E-state index < -0.39 is 6.10 Å². The van der Waals surface area contributed by atoms with E-state index in [-0.39, 0.29) is 0 Å². The standard InChI is InChI=1S/C12H15N3O2/c1-8(16)6-13-12-10-4-3-9(17-2)5-11(10)14-7-15-12/h3-5,7-8,16H,6H2,1-2H3,(H,13,14,15). The van der Waals surface area contributed by atoms with E-state index in [9.17, 15) is 5.11 Å². The third-order valence-corrected chi connectivity index (χ3v) is 2.41. The SMILES string of the molecule is COc1ccc2c(NCC(C)O)ncnc2c1. The van der Waals surface area contributed by atoms with E-state index in [1.54, 1.807) is 14.0 Å². The number of benzene rings is 1. The minimum Gasteiger partial charge on any atom is -0.497 e. The molecule has 2 N–H and O–H groups in total. The Labute approximate surface area is 99.5 Å². The van der Waals surface area contributed by atoms with Gasteiger partial charge in [-0.25, -0.2) is 9.97 Å². The van der Waals surface area contributed by atoms with E-state index in [0.29, 0.717) is 6.54 Å². The van der Waals surface area contributed by atoms with E-state index in [4.69, 9.17) is 4.74 Å². The Morgan fingerprint density at radius 3 is 2.94 bits per heavy atom. The number of methoxy groups -OCH3 is 1. The number of aromatic nitrogens is 2. The van der Waals surface area contributed by atoms with Gasteiger partial charge in [0.25, 0.3) is 0 Å². The lowest BCUT2D eigenvalue weighted by Crippen LogP contribution is -2.16. The summed E-state index contributed by atoms with van der Waals surface area (Å²) in [4.78, 5) is 8.34. The van der Waals surface area contributed by atoms with Crippen LogP contribution in [0.25, 0.3) is 10.9 Å². The first kappa shape index (κ1) is 11.6. The van der Waals surface area contributed by atoms with Crippen LogP contribution in [0.5, 0.6) is 5.75 Å². The van der Waals surface area contributed by atoms with Gasteiger partial charge in [0.2, 0.25) is 0 Å². The number of aliphatic hydroxyl groups is 1. The molecule has 0 radical (unpaired) electrons. The number of anilines is 1. The first-order chi connectivity index (χ1) is 8.20. The van der Waals surface area contributed by atoms with Crippen molar-refractivity contribution in [3.8, 4) is 5.75 Å². The maximum absolute atomic E-state index is 9.24. The predicted molar refractivity (Wildman–Crippen MR) is 66.3 cm³/mol. The van der Waals surface area contributed by atoms with Crippen LogP contribution in [-0.2, 0) is 0 Å². The van der Waals surface area contributed by atoms with Crippen molar-refractivity contribution in [2.45, 2.75) is 13.0 Å². The van der Waals surface area contributed by atoms with Crippen LogP contribution in [0.2, 0.25) is 0 Å². The van der Waals surface area contributed by atoms with Crippen molar-refractivity contribution in [2.75, 3.05) is 19.0 Å². The maximum atomic E-state index is 9.24. The van der Waals surface area contributed by atoms with Crippen molar-refractivity contribution in [2.24, 2.45) is 0 Å². The monoisotopic (exact) mass is 233 g/mol. The van der Waals surface area contributed by atoms with Gasteiger partial charge in [-0.2, -0.15) is 0 Å². The van der Waals surface area contributed by atoms with Crippen LogP contribution in [-0.4, -0.2) is 34.8 Å². The smallest absolute Gasteiger partial charge is 0.137 e. The molecule has 0 fully saturated rings. The molecule has 0 spiro atoms. The summed E-state index contributed by atoms with van der Waals surface area (Å²) in [6.07, 6.45) is 1.07. The fraction of sp³-hybridized carbons (Fsp3) is 0.333. The van der Waals surface area contributed by atoms with Crippen molar-refractivity contribution >= 4 is 16.7 Å². The van der Waals surface area contributed by atoms with Gasteiger partial charge < -0.3 is 15.2 Å². The molecule has 1 aromatic carbocycles. The lowest BCUT2D eigenvalue weighted by Gasteiger charge is -2.10. The molecule has 17 heavy (non-hydrogen) atoms. The quantitative estimate of drug-likeness (QED) is 0.836. The number of rotatable bonds is 4. The minimum atomic E-state index is -0.418. The highest BCUT2D eigenvalue weighted by Gasteiger charge is 2.05. The predicted octanol–water partition coefficient (Wildman–Crippen LogP) is 1.43. The Morgan fingerprint density at radius 1 is 1.41 bits per heavy atom. The molecule has 0 saturated carbocycles. The van der Waals surface area contributed by atoms with Crippen LogP contribution in [0.4, 0.5) is 5.82 Å². The third-order valence-electron chi connectivity index (χ3n) is 2.41. The second-order valence-corrected chi connectivity index (χ2v) is 3.84. The zero-order valence-corrected chi connectivity index (χ0v) is 9.84. The zero-order chi connectivity index (χ0) is 12.3.